The largest absolute Gasteiger partial charge is 0.370 e. The molecule has 0 aromatic carbocycles. The summed E-state index contributed by atoms with van der Waals surface area (Å²) in [5.74, 6) is 2.04. The van der Waals surface area contributed by atoms with Crippen molar-refractivity contribution >= 4 is 5.96 Å². The predicted octanol–water partition coefficient (Wildman–Crippen LogP) is 2.29. The van der Waals surface area contributed by atoms with E-state index < -0.39 is 0 Å². The number of rotatable bonds is 8. The maximum absolute atomic E-state index is 5.97. The van der Waals surface area contributed by atoms with Gasteiger partial charge in [-0.2, -0.15) is 0 Å². The lowest BCUT2D eigenvalue weighted by Gasteiger charge is -2.31. The SMILES string of the molecule is CC(C)CCN1CCC(CN=C(N)NCCc2ccccn2)CC1. The van der Waals surface area contributed by atoms with E-state index in [9.17, 15) is 0 Å². The second kappa shape index (κ2) is 10.3. The molecule has 2 rings (SSSR count). The molecule has 5 nitrogen and oxygen atoms in total. The van der Waals surface area contributed by atoms with Gasteiger partial charge in [0.2, 0.25) is 0 Å². The average Bonchev–Trinajstić information content (AvgIpc) is 2.60. The molecule has 24 heavy (non-hydrogen) atoms. The minimum Gasteiger partial charge on any atom is -0.370 e. The van der Waals surface area contributed by atoms with Crippen LogP contribution < -0.4 is 11.1 Å². The third kappa shape index (κ3) is 7.30. The van der Waals surface area contributed by atoms with E-state index in [0.29, 0.717) is 11.9 Å². The lowest BCUT2D eigenvalue weighted by molar-refractivity contribution is 0.180. The zero-order valence-electron chi connectivity index (χ0n) is 15.2. The molecule has 1 aromatic heterocycles. The third-order valence-electron chi connectivity index (χ3n) is 4.66. The van der Waals surface area contributed by atoms with Gasteiger partial charge in [-0.05, 0) is 62.9 Å². The van der Waals surface area contributed by atoms with Crippen LogP contribution in [0, 0.1) is 11.8 Å². The monoisotopic (exact) mass is 331 g/mol. The minimum atomic E-state index is 0.563. The number of likely N-dealkylation sites (tertiary alicyclic amines) is 1. The Labute approximate surface area is 146 Å². The van der Waals surface area contributed by atoms with Crippen LogP contribution in [0.2, 0.25) is 0 Å². The summed E-state index contributed by atoms with van der Waals surface area (Å²) in [5, 5.41) is 3.19. The van der Waals surface area contributed by atoms with Crippen LogP contribution >= 0.6 is 0 Å². The first kappa shape index (κ1) is 18.7. The van der Waals surface area contributed by atoms with E-state index in [1.165, 1.54) is 38.9 Å². The highest BCUT2D eigenvalue weighted by Gasteiger charge is 2.18. The number of nitrogens with one attached hydrogen (secondary N) is 1. The zero-order valence-corrected chi connectivity index (χ0v) is 15.2. The molecule has 2 heterocycles. The highest BCUT2D eigenvalue weighted by atomic mass is 15.1. The molecular weight excluding hydrogens is 298 g/mol. The first-order valence-corrected chi connectivity index (χ1v) is 9.29. The highest BCUT2D eigenvalue weighted by Crippen LogP contribution is 2.18. The quantitative estimate of drug-likeness (QED) is 0.566. The van der Waals surface area contributed by atoms with Gasteiger partial charge in [0.1, 0.15) is 0 Å². The lowest BCUT2D eigenvalue weighted by atomic mass is 9.96. The molecule has 134 valence electrons. The van der Waals surface area contributed by atoms with Gasteiger partial charge in [0.25, 0.3) is 0 Å². The number of piperidine rings is 1. The van der Waals surface area contributed by atoms with Crippen LogP contribution in [0.15, 0.2) is 29.4 Å². The summed E-state index contributed by atoms with van der Waals surface area (Å²) in [6.45, 7) is 9.88. The Morgan fingerprint density at radius 2 is 2.17 bits per heavy atom. The van der Waals surface area contributed by atoms with Crippen molar-refractivity contribution in [3.05, 3.63) is 30.1 Å². The molecule has 1 fully saturated rings. The number of hydrogen-bond acceptors (Lipinski definition) is 3. The molecular formula is C19H33N5. The summed E-state index contributed by atoms with van der Waals surface area (Å²) < 4.78 is 0. The summed E-state index contributed by atoms with van der Waals surface area (Å²) in [6, 6.07) is 5.97. The minimum absolute atomic E-state index is 0.563. The van der Waals surface area contributed by atoms with Crippen molar-refractivity contribution < 1.29 is 0 Å². The van der Waals surface area contributed by atoms with E-state index in [-0.39, 0.29) is 0 Å². The van der Waals surface area contributed by atoms with Crippen LogP contribution in [0.5, 0.6) is 0 Å². The normalized spacial score (nSPS) is 17.4. The van der Waals surface area contributed by atoms with Crippen molar-refractivity contribution in [2.45, 2.75) is 39.5 Å². The summed E-state index contributed by atoms with van der Waals surface area (Å²) in [4.78, 5) is 11.4. The number of guanidine groups is 1. The standard InChI is InChI=1S/C19H33N5/c1-16(2)7-12-24-13-8-17(9-14-24)15-23-19(20)22-11-6-18-5-3-4-10-21-18/h3-5,10,16-17H,6-9,11-15H2,1-2H3,(H3,20,22,23). The van der Waals surface area contributed by atoms with Gasteiger partial charge in [0, 0.05) is 31.4 Å². The fraction of sp³-hybridized carbons (Fsp3) is 0.684. The molecule has 0 aliphatic carbocycles. The van der Waals surface area contributed by atoms with Crippen LogP contribution in [0.1, 0.15) is 38.8 Å². The van der Waals surface area contributed by atoms with Crippen LogP contribution in [-0.2, 0) is 6.42 Å². The topological polar surface area (TPSA) is 66.5 Å². The highest BCUT2D eigenvalue weighted by molar-refractivity contribution is 5.77. The predicted molar refractivity (Wildman–Crippen MR) is 101 cm³/mol. The Kier molecular flexibility index (Phi) is 8.02. The van der Waals surface area contributed by atoms with E-state index in [1.54, 1.807) is 0 Å². The summed E-state index contributed by atoms with van der Waals surface area (Å²) in [6.07, 6.45) is 6.47. The fourth-order valence-electron chi connectivity index (χ4n) is 2.98. The summed E-state index contributed by atoms with van der Waals surface area (Å²) in [5.41, 5.74) is 7.05. The molecule has 0 amide bonds. The molecule has 1 aromatic rings. The van der Waals surface area contributed by atoms with Crippen molar-refractivity contribution in [2.24, 2.45) is 22.6 Å². The van der Waals surface area contributed by atoms with Gasteiger partial charge in [0.05, 0.1) is 0 Å². The van der Waals surface area contributed by atoms with Crippen molar-refractivity contribution in [3.8, 4) is 0 Å². The van der Waals surface area contributed by atoms with Gasteiger partial charge in [0.15, 0.2) is 5.96 Å². The molecule has 0 unspecified atom stereocenters. The smallest absolute Gasteiger partial charge is 0.188 e. The molecule has 0 atom stereocenters. The Balaban J connectivity index is 1.59. The molecule has 5 heteroatoms. The van der Waals surface area contributed by atoms with Gasteiger partial charge in [-0.25, -0.2) is 0 Å². The number of aromatic nitrogens is 1. The van der Waals surface area contributed by atoms with Gasteiger partial charge in [-0.3, -0.25) is 9.98 Å². The van der Waals surface area contributed by atoms with Crippen LogP contribution in [-0.4, -0.2) is 48.6 Å². The van der Waals surface area contributed by atoms with E-state index in [2.05, 4.69) is 34.0 Å². The molecule has 0 radical (unpaired) electrons. The second-order valence-corrected chi connectivity index (χ2v) is 7.19. The Morgan fingerprint density at radius 1 is 1.38 bits per heavy atom. The van der Waals surface area contributed by atoms with E-state index >= 15 is 0 Å². The Morgan fingerprint density at radius 3 is 2.83 bits per heavy atom. The van der Waals surface area contributed by atoms with Crippen molar-refractivity contribution in [1.29, 1.82) is 0 Å². The molecule has 0 bridgehead atoms. The van der Waals surface area contributed by atoms with Gasteiger partial charge < -0.3 is 16.0 Å². The van der Waals surface area contributed by atoms with Crippen LogP contribution in [0.4, 0.5) is 0 Å². The van der Waals surface area contributed by atoms with E-state index in [4.69, 9.17) is 5.73 Å². The van der Waals surface area contributed by atoms with Gasteiger partial charge in [-0.15, -0.1) is 0 Å². The van der Waals surface area contributed by atoms with E-state index in [1.807, 2.05) is 24.4 Å². The van der Waals surface area contributed by atoms with Gasteiger partial charge in [-0.1, -0.05) is 19.9 Å². The Hall–Kier alpha value is -1.62. The summed E-state index contributed by atoms with van der Waals surface area (Å²) >= 11 is 0. The second-order valence-electron chi connectivity index (χ2n) is 7.19. The molecule has 1 saturated heterocycles. The number of aliphatic imine (C=N–C) groups is 1. The number of hydrogen-bond donors (Lipinski definition) is 2. The maximum atomic E-state index is 5.97. The number of nitrogens with two attached hydrogens (primary N) is 1. The first-order valence-electron chi connectivity index (χ1n) is 9.29. The van der Waals surface area contributed by atoms with Crippen molar-refractivity contribution in [2.75, 3.05) is 32.7 Å². The molecule has 0 saturated carbocycles. The molecule has 0 spiro atoms. The maximum Gasteiger partial charge on any atom is 0.188 e. The van der Waals surface area contributed by atoms with Crippen LogP contribution in [0.3, 0.4) is 0 Å². The lowest BCUT2D eigenvalue weighted by Crippen LogP contribution is -2.37. The zero-order chi connectivity index (χ0) is 17.2. The van der Waals surface area contributed by atoms with Crippen molar-refractivity contribution in [3.63, 3.8) is 0 Å². The fourth-order valence-corrected chi connectivity index (χ4v) is 2.98. The van der Waals surface area contributed by atoms with Crippen LogP contribution in [0.25, 0.3) is 0 Å². The molecule has 1 aliphatic rings. The Bertz CT molecular complexity index is 478. The van der Waals surface area contributed by atoms with E-state index in [0.717, 1.165) is 31.1 Å². The number of nitrogens with zero attached hydrogens (tertiary/aromatic N) is 3. The third-order valence-corrected chi connectivity index (χ3v) is 4.66. The average molecular weight is 332 g/mol. The number of pyridine rings is 1. The summed E-state index contributed by atoms with van der Waals surface area (Å²) in [7, 11) is 0. The molecule has 3 N–H and O–H groups in total. The van der Waals surface area contributed by atoms with Crippen molar-refractivity contribution in [1.82, 2.24) is 15.2 Å². The first-order chi connectivity index (χ1) is 11.6. The molecule has 1 aliphatic heterocycles. The van der Waals surface area contributed by atoms with Gasteiger partial charge >= 0.3 is 0 Å².